The Labute approximate surface area is 168 Å². The van der Waals surface area contributed by atoms with Gasteiger partial charge in [0.1, 0.15) is 5.78 Å². The summed E-state index contributed by atoms with van der Waals surface area (Å²) in [6.07, 6.45) is 7.56. The van der Waals surface area contributed by atoms with Gasteiger partial charge in [-0.1, -0.05) is 57.7 Å². The number of unbranched alkanes of at least 4 members (excludes halogenated alkanes) is 5. The lowest BCUT2D eigenvalue weighted by Crippen LogP contribution is -2.35. The molecule has 1 rings (SSSR count). The Balaban J connectivity index is 2.53. The summed E-state index contributed by atoms with van der Waals surface area (Å²) < 4.78 is 0. The summed E-state index contributed by atoms with van der Waals surface area (Å²) in [5.74, 6) is -1.32. The molecule has 1 aliphatic rings. The molecule has 0 saturated heterocycles. The van der Waals surface area contributed by atoms with Gasteiger partial charge in [0.15, 0.2) is 0 Å². The second-order valence-electron chi connectivity index (χ2n) is 8.31. The SMILES string of the molecule is CCCCCC(C)(O)CC(=S)[C@H]1[C@H](O)CC(=O)[C@@H]1CCCCCCC(=O)O. The van der Waals surface area contributed by atoms with Crippen molar-refractivity contribution in [2.24, 2.45) is 11.8 Å². The summed E-state index contributed by atoms with van der Waals surface area (Å²) in [7, 11) is 0. The molecule has 4 atom stereocenters. The third kappa shape index (κ3) is 8.79. The largest absolute Gasteiger partial charge is 0.481 e. The van der Waals surface area contributed by atoms with Crippen molar-refractivity contribution in [3.63, 3.8) is 0 Å². The summed E-state index contributed by atoms with van der Waals surface area (Å²) in [4.78, 5) is 23.5. The second kappa shape index (κ2) is 11.9. The van der Waals surface area contributed by atoms with Gasteiger partial charge in [-0.25, -0.2) is 0 Å². The van der Waals surface area contributed by atoms with Crippen LogP contribution in [-0.4, -0.2) is 43.6 Å². The van der Waals surface area contributed by atoms with E-state index in [-0.39, 0.29) is 30.5 Å². The van der Waals surface area contributed by atoms with Gasteiger partial charge in [0.05, 0.1) is 11.7 Å². The molecule has 0 bridgehead atoms. The van der Waals surface area contributed by atoms with Crippen LogP contribution in [0, 0.1) is 11.8 Å². The molecule has 0 amide bonds. The van der Waals surface area contributed by atoms with Crippen LogP contribution in [-0.2, 0) is 9.59 Å². The molecule has 1 unspecified atom stereocenters. The van der Waals surface area contributed by atoms with Crippen LogP contribution in [0.3, 0.4) is 0 Å². The van der Waals surface area contributed by atoms with Gasteiger partial charge < -0.3 is 15.3 Å². The molecule has 27 heavy (non-hydrogen) atoms. The molecule has 1 saturated carbocycles. The third-order valence-corrected chi connectivity index (χ3v) is 5.99. The highest BCUT2D eigenvalue weighted by molar-refractivity contribution is 7.80. The van der Waals surface area contributed by atoms with Gasteiger partial charge >= 0.3 is 5.97 Å². The Hall–Kier alpha value is -0.850. The van der Waals surface area contributed by atoms with E-state index in [1.54, 1.807) is 6.92 Å². The minimum Gasteiger partial charge on any atom is -0.481 e. The molecular formula is C21H36O5S. The van der Waals surface area contributed by atoms with Crippen LogP contribution in [0.1, 0.15) is 90.9 Å². The molecule has 3 N–H and O–H groups in total. The average Bonchev–Trinajstić information content (AvgIpc) is 2.83. The monoisotopic (exact) mass is 400 g/mol. The van der Waals surface area contributed by atoms with Gasteiger partial charge in [-0.15, -0.1) is 0 Å². The van der Waals surface area contributed by atoms with E-state index in [0.717, 1.165) is 38.5 Å². The second-order valence-corrected chi connectivity index (χ2v) is 8.84. The van der Waals surface area contributed by atoms with Gasteiger partial charge in [0.2, 0.25) is 0 Å². The first-order valence-electron chi connectivity index (χ1n) is 10.4. The maximum absolute atomic E-state index is 12.3. The zero-order valence-electron chi connectivity index (χ0n) is 16.8. The van der Waals surface area contributed by atoms with Crippen molar-refractivity contribution in [2.75, 3.05) is 0 Å². The van der Waals surface area contributed by atoms with E-state index in [9.17, 15) is 19.8 Å². The zero-order chi connectivity index (χ0) is 20.4. The molecule has 0 aliphatic heterocycles. The predicted molar refractivity (Wildman–Crippen MR) is 110 cm³/mol. The highest BCUT2D eigenvalue weighted by Gasteiger charge is 2.44. The highest BCUT2D eigenvalue weighted by atomic mass is 32.1. The van der Waals surface area contributed by atoms with Crippen molar-refractivity contribution < 1.29 is 24.9 Å². The van der Waals surface area contributed by atoms with Crippen LogP contribution < -0.4 is 0 Å². The van der Waals surface area contributed by atoms with E-state index in [0.29, 0.717) is 30.5 Å². The topological polar surface area (TPSA) is 94.8 Å². The Morgan fingerprint density at radius 2 is 1.85 bits per heavy atom. The lowest BCUT2D eigenvalue weighted by molar-refractivity contribution is -0.137. The minimum absolute atomic E-state index is 0.0611. The Kier molecular flexibility index (Phi) is 10.6. The molecule has 5 nitrogen and oxygen atoms in total. The van der Waals surface area contributed by atoms with E-state index >= 15 is 0 Å². The molecule has 0 heterocycles. The Morgan fingerprint density at radius 1 is 1.19 bits per heavy atom. The molecule has 0 aromatic carbocycles. The fraction of sp³-hybridized carbons (Fsp3) is 0.857. The summed E-state index contributed by atoms with van der Waals surface area (Å²) >= 11 is 5.56. The van der Waals surface area contributed by atoms with Gasteiger partial charge in [-0.05, 0) is 26.2 Å². The number of aliphatic carboxylic acids is 1. The molecule has 0 aromatic heterocycles. The molecule has 0 aromatic rings. The van der Waals surface area contributed by atoms with Crippen molar-refractivity contribution in [1.82, 2.24) is 0 Å². The number of rotatable bonds is 14. The fourth-order valence-electron chi connectivity index (χ4n) is 4.06. The lowest BCUT2D eigenvalue weighted by Gasteiger charge is -2.29. The number of carbonyl (C=O) groups excluding carboxylic acids is 1. The van der Waals surface area contributed by atoms with E-state index in [1.807, 2.05) is 0 Å². The van der Waals surface area contributed by atoms with Gasteiger partial charge in [-0.2, -0.15) is 0 Å². The number of Topliss-reactive ketones (excluding diaryl/α,β-unsaturated/α-hetero) is 1. The van der Waals surface area contributed by atoms with E-state index in [4.69, 9.17) is 17.3 Å². The molecular weight excluding hydrogens is 364 g/mol. The quantitative estimate of drug-likeness (QED) is 0.300. The predicted octanol–water partition coefficient (Wildman–Crippen LogP) is 4.07. The summed E-state index contributed by atoms with van der Waals surface area (Å²) in [6.45, 7) is 3.90. The summed E-state index contributed by atoms with van der Waals surface area (Å²) in [6, 6.07) is 0. The number of aliphatic hydroxyl groups is 2. The first kappa shape index (κ1) is 24.2. The average molecular weight is 401 g/mol. The van der Waals surface area contributed by atoms with Gasteiger partial charge in [0.25, 0.3) is 0 Å². The van der Waals surface area contributed by atoms with Crippen molar-refractivity contribution in [2.45, 2.75) is 103 Å². The van der Waals surface area contributed by atoms with E-state index < -0.39 is 17.7 Å². The maximum atomic E-state index is 12.3. The van der Waals surface area contributed by atoms with Crippen molar-refractivity contribution in [1.29, 1.82) is 0 Å². The Bertz CT molecular complexity index is 503. The van der Waals surface area contributed by atoms with Crippen LogP contribution in [0.15, 0.2) is 0 Å². The first-order valence-corrected chi connectivity index (χ1v) is 10.8. The van der Waals surface area contributed by atoms with Gasteiger partial charge in [0, 0.05) is 36.0 Å². The zero-order valence-corrected chi connectivity index (χ0v) is 17.6. The molecule has 6 heteroatoms. The number of ketones is 1. The maximum Gasteiger partial charge on any atom is 0.303 e. The highest BCUT2D eigenvalue weighted by Crippen LogP contribution is 2.37. The van der Waals surface area contributed by atoms with Gasteiger partial charge in [-0.3, -0.25) is 9.59 Å². The van der Waals surface area contributed by atoms with Crippen LogP contribution >= 0.6 is 12.2 Å². The van der Waals surface area contributed by atoms with E-state index in [1.165, 1.54) is 0 Å². The molecule has 0 spiro atoms. The normalized spacial score (nSPS) is 24.7. The number of hydrogen-bond donors (Lipinski definition) is 3. The smallest absolute Gasteiger partial charge is 0.303 e. The minimum atomic E-state index is -0.890. The van der Waals surface area contributed by atoms with Crippen molar-refractivity contribution in [3.8, 4) is 0 Å². The number of aliphatic hydroxyl groups excluding tert-OH is 1. The van der Waals surface area contributed by atoms with Crippen LogP contribution in [0.25, 0.3) is 0 Å². The summed E-state index contributed by atoms with van der Waals surface area (Å²) in [5.41, 5.74) is -0.890. The lowest BCUT2D eigenvalue weighted by atomic mass is 9.82. The first-order chi connectivity index (χ1) is 12.7. The number of carboxylic acid groups (broad SMARTS) is 1. The van der Waals surface area contributed by atoms with E-state index in [2.05, 4.69) is 6.92 Å². The molecule has 0 radical (unpaired) electrons. The number of hydrogen-bond acceptors (Lipinski definition) is 5. The summed E-state index contributed by atoms with van der Waals surface area (Å²) in [5, 5.41) is 29.6. The molecule has 156 valence electrons. The van der Waals surface area contributed by atoms with Crippen molar-refractivity contribution >= 4 is 28.8 Å². The molecule has 1 aliphatic carbocycles. The van der Waals surface area contributed by atoms with Crippen LogP contribution in [0.2, 0.25) is 0 Å². The van der Waals surface area contributed by atoms with Crippen LogP contribution in [0.4, 0.5) is 0 Å². The molecule has 1 fully saturated rings. The number of carboxylic acids is 1. The van der Waals surface area contributed by atoms with Crippen LogP contribution in [0.5, 0.6) is 0 Å². The fourth-order valence-corrected chi connectivity index (χ4v) is 4.70. The standard InChI is InChI=1S/C21H36O5S/c1-3-4-9-12-21(2,26)14-18(27)20-15(16(22)13-17(20)23)10-7-5-6-8-11-19(24)25/h15,17,20,23,26H,3-14H2,1-2H3,(H,24,25)/t15-,17+,20+,21?/m0/s1. The number of carbonyl (C=O) groups is 2. The Morgan fingerprint density at radius 3 is 2.48 bits per heavy atom. The van der Waals surface area contributed by atoms with Crippen molar-refractivity contribution in [3.05, 3.63) is 0 Å². The third-order valence-electron chi connectivity index (χ3n) is 5.57. The number of thiocarbonyl (C=S) groups is 1.